The minimum Gasteiger partial charge on any atom is -0.362 e. The molecule has 2 aromatic carbocycles. The number of rotatable bonds is 4. The summed E-state index contributed by atoms with van der Waals surface area (Å²) in [5, 5.41) is 5.22. The normalized spacial score (nSPS) is 16.0. The quantitative estimate of drug-likeness (QED) is 0.492. The molecule has 0 amide bonds. The van der Waals surface area contributed by atoms with Gasteiger partial charge in [0.15, 0.2) is 5.82 Å². The van der Waals surface area contributed by atoms with Crippen LogP contribution in [-0.2, 0) is 6.42 Å². The summed E-state index contributed by atoms with van der Waals surface area (Å²) in [6.07, 6.45) is 4.30. The Hall–Kier alpha value is -3.80. The standard InChI is InChI=1S/C26H25N5O/c1-16-12-21-24(27-14-16)28-15-29-25(21)30-18(3)22-13-19-9-7-8-17(2)23(19)26(32)31(22)20-10-5-4-6-11-20/h4-11,13-16,18H,12H2,1-3H3,(H,28,29,30). The van der Waals surface area contributed by atoms with Crippen LogP contribution in [0.4, 0.5) is 11.6 Å². The third-order valence-electron chi connectivity index (χ3n) is 5.99. The van der Waals surface area contributed by atoms with Crippen LogP contribution < -0.4 is 10.9 Å². The minimum atomic E-state index is -0.173. The van der Waals surface area contributed by atoms with E-state index in [-0.39, 0.29) is 11.6 Å². The predicted molar refractivity (Wildman–Crippen MR) is 129 cm³/mol. The molecule has 0 aliphatic carbocycles. The molecule has 5 rings (SSSR count). The molecule has 0 saturated heterocycles. The molecule has 6 nitrogen and oxygen atoms in total. The van der Waals surface area contributed by atoms with Gasteiger partial charge >= 0.3 is 0 Å². The van der Waals surface area contributed by atoms with Crippen LogP contribution in [-0.4, -0.2) is 20.7 Å². The maximum atomic E-state index is 13.7. The first-order chi connectivity index (χ1) is 15.5. The molecule has 1 aliphatic heterocycles. The molecule has 1 aliphatic rings. The lowest BCUT2D eigenvalue weighted by atomic mass is 10.00. The number of aryl methyl sites for hydroxylation is 1. The first-order valence-electron chi connectivity index (χ1n) is 10.9. The Labute approximate surface area is 186 Å². The Kier molecular flexibility index (Phi) is 5.05. The number of hydrogen-bond acceptors (Lipinski definition) is 5. The highest BCUT2D eigenvalue weighted by molar-refractivity contribution is 5.85. The summed E-state index contributed by atoms with van der Waals surface area (Å²) in [6, 6.07) is 17.7. The number of benzene rings is 2. The maximum Gasteiger partial charge on any atom is 0.263 e. The van der Waals surface area contributed by atoms with Crippen molar-refractivity contribution in [2.75, 3.05) is 5.32 Å². The Balaban J connectivity index is 1.66. The van der Waals surface area contributed by atoms with Gasteiger partial charge in [-0.3, -0.25) is 9.36 Å². The number of anilines is 1. The van der Waals surface area contributed by atoms with Crippen LogP contribution in [0.5, 0.6) is 0 Å². The molecule has 2 unspecified atom stereocenters. The summed E-state index contributed by atoms with van der Waals surface area (Å²) in [5.41, 5.74) is 3.69. The molecule has 0 bridgehead atoms. The molecular formula is C26H25N5O. The van der Waals surface area contributed by atoms with E-state index in [4.69, 9.17) is 0 Å². The molecule has 0 fully saturated rings. The fourth-order valence-electron chi connectivity index (χ4n) is 4.40. The van der Waals surface area contributed by atoms with Crippen LogP contribution in [0.15, 0.2) is 70.7 Å². The monoisotopic (exact) mass is 423 g/mol. The third kappa shape index (κ3) is 3.47. The number of aliphatic imine (C=N–C) groups is 1. The Morgan fingerprint density at radius 2 is 1.91 bits per heavy atom. The van der Waals surface area contributed by atoms with Gasteiger partial charge < -0.3 is 5.32 Å². The van der Waals surface area contributed by atoms with E-state index in [1.165, 1.54) is 6.33 Å². The highest BCUT2D eigenvalue weighted by Crippen LogP contribution is 2.31. The average molecular weight is 424 g/mol. The Morgan fingerprint density at radius 3 is 2.72 bits per heavy atom. The number of aromatic nitrogens is 3. The summed E-state index contributed by atoms with van der Waals surface area (Å²) in [6.45, 7) is 6.17. The maximum absolute atomic E-state index is 13.7. The second kappa shape index (κ2) is 8.04. The van der Waals surface area contributed by atoms with Gasteiger partial charge in [0.1, 0.15) is 12.1 Å². The Bertz CT molecular complexity index is 1390. The van der Waals surface area contributed by atoms with Gasteiger partial charge in [-0.1, -0.05) is 43.3 Å². The summed E-state index contributed by atoms with van der Waals surface area (Å²) in [7, 11) is 0. The molecule has 1 N–H and O–H groups in total. The Morgan fingerprint density at radius 1 is 1.09 bits per heavy atom. The highest BCUT2D eigenvalue weighted by Gasteiger charge is 2.21. The van der Waals surface area contributed by atoms with Crippen LogP contribution >= 0.6 is 0 Å². The first-order valence-corrected chi connectivity index (χ1v) is 10.9. The fourth-order valence-corrected chi connectivity index (χ4v) is 4.40. The molecule has 4 aromatic rings. The second-order valence-electron chi connectivity index (χ2n) is 8.43. The van der Waals surface area contributed by atoms with E-state index in [0.29, 0.717) is 11.7 Å². The number of fused-ring (bicyclic) bond motifs is 2. The largest absolute Gasteiger partial charge is 0.362 e. The van der Waals surface area contributed by atoms with Gasteiger partial charge in [0.2, 0.25) is 0 Å². The van der Waals surface area contributed by atoms with Crippen molar-refractivity contribution < 1.29 is 0 Å². The summed E-state index contributed by atoms with van der Waals surface area (Å²) < 4.78 is 1.81. The molecule has 0 saturated carbocycles. The van der Waals surface area contributed by atoms with E-state index in [1.807, 2.05) is 61.7 Å². The second-order valence-corrected chi connectivity index (χ2v) is 8.43. The predicted octanol–water partition coefficient (Wildman–Crippen LogP) is 5.16. The van der Waals surface area contributed by atoms with Crippen LogP contribution in [0.25, 0.3) is 16.5 Å². The minimum absolute atomic E-state index is 0.0154. The molecule has 3 heterocycles. The van der Waals surface area contributed by atoms with E-state index in [9.17, 15) is 4.79 Å². The smallest absolute Gasteiger partial charge is 0.263 e. The van der Waals surface area contributed by atoms with E-state index in [1.54, 1.807) is 4.57 Å². The number of nitrogens with one attached hydrogen (secondary N) is 1. The number of hydrogen-bond donors (Lipinski definition) is 1. The van der Waals surface area contributed by atoms with Crippen LogP contribution in [0.3, 0.4) is 0 Å². The van der Waals surface area contributed by atoms with E-state index in [2.05, 4.69) is 40.2 Å². The topological polar surface area (TPSA) is 72.2 Å². The molecular weight excluding hydrogens is 398 g/mol. The first kappa shape index (κ1) is 20.1. The van der Waals surface area contributed by atoms with E-state index in [0.717, 1.165) is 45.5 Å². The lowest BCUT2D eigenvalue weighted by molar-refractivity contribution is 0.742. The van der Waals surface area contributed by atoms with Crippen molar-refractivity contribution >= 4 is 28.6 Å². The van der Waals surface area contributed by atoms with Gasteiger partial charge in [-0.2, -0.15) is 0 Å². The van der Waals surface area contributed by atoms with Gasteiger partial charge in [-0.05, 0) is 55.3 Å². The molecule has 32 heavy (non-hydrogen) atoms. The van der Waals surface area contributed by atoms with Crippen molar-refractivity contribution in [2.45, 2.75) is 33.2 Å². The van der Waals surface area contributed by atoms with E-state index >= 15 is 0 Å². The van der Waals surface area contributed by atoms with Gasteiger partial charge in [-0.15, -0.1) is 0 Å². The zero-order valence-electron chi connectivity index (χ0n) is 18.4. The van der Waals surface area contributed by atoms with Gasteiger partial charge in [-0.25, -0.2) is 15.0 Å². The van der Waals surface area contributed by atoms with Gasteiger partial charge in [0, 0.05) is 23.2 Å². The highest BCUT2D eigenvalue weighted by atomic mass is 16.1. The average Bonchev–Trinajstić information content (AvgIpc) is 2.80. The van der Waals surface area contributed by atoms with E-state index < -0.39 is 0 Å². The SMILES string of the molecule is Cc1cccc2cc(C(C)Nc3ncnc4c3CC(C)C=N4)n(-c3ccccc3)c(=O)c12. The summed E-state index contributed by atoms with van der Waals surface area (Å²) in [4.78, 5) is 27.0. The summed E-state index contributed by atoms with van der Waals surface area (Å²) in [5.74, 6) is 1.81. The van der Waals surface area contributed by atoms with Crippen molar-refractivity contribution in [1.82, 2.24) is 14.5 Å². The van der Waals surface area contributed by atoms with Crippen molar-refractivity contribution in [2.24, 2.45) is 10.9 Å². The summed E-state index contributed by atoms with van der Waals surface area (Å²) >= 11 is 0. The number of nitrogens with zero attached hydrogens (tertiary/aromatic N) is 4. The van der Waals surface area contributed by atoms with Crippen molar-refractivity contribution in [3.8, 4) is 5.69 Å². The molecule has 2 atom stereocenters. The van der Waals surface area contributed by atoms with Crippen molar-refractivity contribution in [1.29, 1.82) is 0 Å². The van der Waals surface area contributed by atoms with Crippen molar-refractivity contribution in [3.63, 3.8) is 0 Å². The zero-order valence-corrected chi connectivity index (χ0v) is 18.4. The van der Waals surface area contributed by atoms with Crippen LogP contribution in [0.1, 0.15) is 36.7 Å². The molecule has 6 heteroatoms. The van der Waals surface area contributed by atoms with Crippen LogP contribution in [0, 0.1) is 12.8 Å². The number of pyridine rings is 1. The zero-order chi connectivity index (χ0) is 22.2. The molecule has 0 spiro atoms. The molecule has 0 radical (unpaired) electrons. The third-order valence-corrected chi connectivity index (χ3v) is 5.99. The fraction of sp³-hybridized carbons (Fsp3) is 0.231. The number of para-hydroxylation sites is 1. The van der Waals surface area contributed by atoms with Gasteiger partial charge in [0.25, 0.3) is 5.56 Å². The lowest BCUT2D eigenvalue weighted by Crippen LogP contribution is -2.26. The lowest BCUT2D eigenvalue weighted by Gasteiger charge is -2.24. The van der Waals surface area contributed by atoms with Gasteiger partial charge in [0.05, 0.1) is 11.4 Å². The molecule has 160 valence electrons. The van der Waals surface area contributed by atoms with Crippen molar-refractivity contribution in [3.05, 3.63) is 88.1 Å². The van der Waals surface area contributed by atoms with Crippen LogP contribution in [0.2, 0.25) is 0 Å². The molecule has 2 aromatic heterocycles.